The number of amides is 3. The quantitative estimate of drug-likeness (QED) is 0.139. The number of nitrogens with one attached hydrogen (secondary N) is 3. The number of rotatable bonds is 16. The van der Waals surface area contributed by atoms with Gasteiger partial charge in [0.05, 0.1) is 6.04 Å². The van der Waals surface area contributed by atoms with E-state index in [1.165, 1.54) is 6.92 Å². The van der Waals surface area contributed by atoms with E-state index < -0.39 is 60.2 Å². The molecule has 12 heteroatoms. The van der Waals surface area contributed by atoms with Crippen molar-refractivity contribution >= 4 is 29.7 Å². The largest absolute Gasteiger partial charge is 0.481 e. The number of carboxylic acid groups (broad SMARTS) is 2. The highest BCUT2D eigenvalue weighted by Gasteiger charge is 2.30. The zero-order valence-corrected chi connectivity index (χ0v) is 18.9. The Morgan fingerprint density at radius 1 is 0.781 bits per heavy atom. The molecule has 12 nitrogen and oxygen atoms in total. The SMILES string of the molecule is CC(C)CC(NC(=O)C(CCCCN)NC(=O)C(CCC(=O)O)NC(=O)C(C)N)C(=O)O. The predicted molar refractivity (Wildman–Crippen MR) is 116 cm³/mol. The van der Waals surface area contributed by atoms with Gasteiger partial charge in [0.2, 0.25) is 17.7 Å². The number of carbonyl (C=O) groups excluding carboxylic acids is 3. The molecule has 0 bridgehead atoms. The number of carboxylic acids is 2. The third-order valence-electron chi connectivity index (χ3n) is 4.60. The monoisotopic (exact) mass is 459 g/mol. The first kappa shape index (κ1) is 29.3. The van der Waals surface area contributed by atoms with Gasteiger partial charge in [-0.05, 0) is 51.5 Å². The fourth-order valence-corrected chi connectivity index (χ4v) is 2.84. The molecule has 0 aliphatic carbocycles. The standard InChI is InChI=1S/C20H37N5O7/c1-11(2)10-15(20(31)32)25-18(29)13(6-4-5-9-21)24-19(30)14(7-8-16(26)27)23-17(28)12(3)22/h11-15H,4-10,21-22H2,1-3H3,(H,23,28)(H,24,30)(H,25,29)(H,26,27)(H,31,32). The molecule has 0 spiro atoms. The van der Waals surface area contributed by atoms with Crippen LogP contribution in [-0.2, 0) is 24.0 Å². The third-order valence-corrected chi connectivity index (χ3v) is 4.60. The topological polar surface area (TPSA) is 214 Å². The number of hydrogen-bond acceptors (Lipinski definition) is 7. The van der Waals surface area contributed by atoms with Gasteiger partial charge in [-0.1, -0.05) is 13.8 Å². The summed E-state index contributed by atoms with van der Waals surface area (Å²) in [5.74, 6) is -4.43. The fraction of sp³-hybridized carbons (Fsp3) is 0.750. The molecule has 4 atom stereocenters. The highest BCUT2D eigenvalue weighted by molar-refractivity contribution is 5.94. The minimum atomic E-state index is -1.22. The molecular weight excluding hydrogens is 422 g/mol. The molecule has 4 unspecified atom stereocenters. The lowest BCUT2D eigenvalue weighted by molar-refractivity contribution is -0.142. The smallest absolute Gasteiger partial charge is 0.326 e. The van der Waals surface area contributed by atoms with Crippen LogP contribution in [-0.4, -0.2) is 70.6 Å². The van der Waals surface area contributed by atoms with E-state index in [2.05, 4.69) is 16.0 Å². The van der Waals surface area contributed by atoms with Crippen LogP contribution in [0, 0.1) is 5.92 Å². The average Bonchev–Trinajstić information content (AvgIpc) is 2.68. The Bertz CT molecular complexity index is 654. The van der Waals surface area contributed by atoms with Crippen LogP contribution >= 0.6 is 0 Å². The maximum atomic E-state index is 12.8. The zero-order chi connectivity index (χ0) is 24.8. The van der Waals surface area contributed by atoms with Crippen molar-refractivity contribution in [2.45, 2.75) is 83.5 Å². The van der Waals surface area contributed by atoms with Crippen LogP contribution in [0.4, 0.5) is 0 Å². The fourth-order valence-electron chi connectivity index (χ4n) is 2.84. The lowest BCUT2D eigenvalue weighted by Crippen LogP contribution is -2.57. The third kappa shape index (κ3) is 12.2. The van der Waals surface area contributed by atoms with Crippen molar-refractivity contribution < 1.29 is 34.2 Å². The Balaban J connectivity index is 5.47. The van der Waals surface area contributed by atoms with Gasteiger partial charge in [-0.2, -0.15) is 0 Å². The molecule has 0 aliphatic rings. The van der Waals surface area contributed by atoms with Gasteiger partial charge in [-0.15, -0.1) is 0 Å². The Morgan fingerprint density at radius 3 is 1.72 bits per heavy atom. The van der Waals surface area contributed by atoms with E-state index in [-0.39, 0.29) is 25.2 Å². The van der Waals surface area contributed by atoms with E-state index in [0.29, 0.717) is 19.4 Å². The van der Waals surface area contributed by atoms with E-state index in [4.69, 9.17) is 16.6 Å². The molecule has 0 saturated heterocycles. The molecule has 0 heterocycles. The second-order valence-corrected chi connectivity index (χ2v) is 8.16. The molecule has 0 aromatic rings. The first-order valence-electron chi connectivity index (χ1n) is 10.7. The minimum absolute atomic E-state index is 0.00976. The van der Waals surface area contributed by atoms with Gasteiger partial charge in [0.15, 0.2) is 0 Å². The van der Waals surface area contributed by atoms with Gasteiger partial charge < -0.3 is 37.6 Å². The van der Waals surface area contributed by atoms with E-state index in [9.17, 15) is 29.1 Å². The summed E-state index contributed by atoms with van der Waals surface area (Å²) in [5, 5.41) is 25.6. The summed E-state index contributed by atoms with van der Waals surface area (Å²) in [6, 6.07) is -4.36. The summed E-state index contributed by atoms with van der Waals surface area (Å²) in [4.78, 5) is 59.9. The first-order chi connectivity index (χ1) is 14.9. The number of nitrogens with two attached hydrogens (primary N) is 2. The summed E-state index contributed by atoms with van der Waals surface area (Å²) in [5.41, 5.74) is 11.0. The Kier molecular flexibility index (Phi) is 13.8. The Hall–Kier alpha value is -2.73. The van der Waals surface area contributed by atoms with E-state index >= 15 is 0 Å². The van der Waals surface area contributed by atoms with Crippen molar-refractivity contribution in [3.63, 3.8) is 0 Å². The number of carbonyl (C=O) groups is 5. The predicted octanol–water partition coefficient (Wildman–Crippen LogP) is -1.09. The molecule has 0 saturated carbocycles. The van der Waals surface area contributed by atoms with Crippen molar-refractivity contribution in [2.75, 3.05) is 6.54 Å². The molecular formula is C20H37N5O7. The molecule has 0 radical (unpaired) electrons. The molecule has 0 fully saturated rings. The lowest BCUT2D eigenvalue weighted by Gasteiger charge is -2.25. The average molecular weight is 460 g/mol. The highest BCUT2D eigenvalue weighted by atomic mass is 16.4. The maximum Gasteiger partial charge on any atom is 0.326 e. The molecule has 9 N–H and O–H groups in total. The summed E-state index contributed by atoms with van der Waals surface area (Å²) in [6.07, 6.45) is 0.866. The van der Waals surface area contributed by atoms with Crippen LogP contribution in [0.2, 0.25) is 0 Å². The van der Waals surface area contributed by atoms with Gasteiger partial charge in [-0.3, -0.25) is 19.2 Å². The van der Waals surface area contributed by atoms with Crippen molar-refractivity contribution in [2.24, 2.45) is 17.4 Å². The minimum Gasteiger partial charge on any atom is -0.481 e. The lowest BCUT2D eigenvalue weighted by atomic mass is 10.0. The number of hydrogen-bond donors (Lipinski definition) is 7. The highest BCUT2D eigenvalue weighted by Crippen LogP contribution is 2.08. The Morgan fingerprint density at radius 2 is 1.28 bits per heavy atom. The summed E-state index contributed by atoms with van der Waals surface area (Å²) in [6.45, 7) is 5.41. The van der Waals surface area contributed by atoms with Crippen molar-refractivity contribution in [3.8, 4) is 0 Å². The first-order valence-corrected chi connectivity index (χ1v) is 10.7. The zero-order valence-electron chi connectivity index (χ0n) is 18.9. The van der Waals surface area contributed by atoms with Crippen molar-refractivity contribution in [3.05, 3.63) is 0 Å². The van der Waals surface area contributed by atoms with Crippen LogP contribution in [0.3, 0.4) is 0 Å². The van der Waals surface area contributed by atoms with Gasteiger partial charge in [0.25, 0.3) is 0 Å². The van der Waals surface area contributed by atoms with E-state index in [1.807, 2.05) is 13.8 Å². The molecule has 0 aromatic carbocycles. The summed E-state index contributed by atoms with van der Waals surface area (Å²) in [7, 11) is 0. The van der Waals surface area contributed by atoms with Gasteiger partial charge in [-0.25, -0.2) is 4.79 Å². The molecule has 0 aromatic heterocycles. The van der Waals surface area contributed by atoms with Crippen LogP contribution in [0.15, 0.2) is 0 Å². The molecule has 0 aliphatic heterocycles. The second kappa shape index (κ2) is 15.1. The molecule has 3 amide bonds. The molecule has 0 rings (SSSR count). The number of aliphatic carboxylic acids is 2. The second-order valence-electron chi connectivity index (χ2n) is 8.16. The molecule has 32 heavy (non-hydrogen) atoms. The maximum absolute atomic E-state index is 12.8. The molecule has 184 valence electrons. The van der Waals surface area contributed by atoms with Crippen LogP contribution in [0.1, 0.15) is 59.3 Å². The van der Waals surface area contributed by atoms with Gasteiger partial charge >= 0.3 is 11.9 Å². The Labute approximate surface area is 187 Å². The van der Waals surface area contributed by atoms with Crippen LogP contribution < -0.4 is 27.4 Å². The van der Waals surface area contributed by atoms with Crippen LogP contribution in [0.5, 0.6) is 0 Å². The number of unbranched alkanes of at least 4 members (excludes halogenated alkanes) is 1. The normalized spacial score (nSPS) is 14.7. The van der Waals surface area contributed by atoms with Crippen LogP contribution in [0.25, 0.3) is 0 Å². The summed E-state index contributed by atoms with van der Waals surface area (Å²) < 4.78 is 0. The van der Waals surface area contributed by atoms with Crippen molar-refractivity contribution in [1.82, 2.24) is 16.0 Å². The van der Waals surface area contributed by atoms with E-state index in [0.717, 1.165) is 0 Å². The summed E-state index contributed by atoms with van der Waals surface area (Å²) >= 11 is 0. The van der Waals surface area contributed by atoms with E-state index in [1.54, 1.807) is 0 Å². The van der Waals surface area contributed by atoms with Crippen molar-refractivity contribution in [1.29, 1.82) is 0 Å². The van der Waals surface area contributed by atoms with Gasteiger partial charge in [0, 0.05) is 6.42 Å². The van der Waals surface area contributed by atoms with Gasteiger partial charge in [0.1, 0.15) is 18.1 Å².